The lowest BCUT2D eigenvalue weighted by atomic mass is 9.80. The van der Waals surface area contributed by atoms with Crippen LogP contribution in [0.1, 0.15) is 28.3 Å². The molecule has 1 amide bonds. The van der Waals surface area contributed by atoms with E-state index in [0.29, 0.717) is 28.1 Å². The number of halogens is 3. The highest BCUT2D eigenvalue weighted by molar-refractivity contribution is 5.95. The standard InChI is InChI=1S/C21H18F3N3O3/c22-21(23,24)16-10-27(20(28)12-3-4-17-18(8-12)30-11-29-17)7-5-13(16)15-9-26-19-14(15)2-1-6-25-19/h1-4,6,8-9,13,16H,5,7,10-11H2,(H,25,26). The molecule has 0 spiro atoms. The largest absolute Gasteiger partial charge is 0.454 e. The Hall–Kier alpha value is -3.23. The second-order valence-electron chi connectivity index (χ2n) is 7.51. The maximum absolute atomic E-state index is 14.0. The minimum atomic E-state index is -4.44. The van der Waals surface area contributed by atoms with Crippen LogP contribution in [0.15, 0.2) is 42.7 Å². The van der Waals surface area contributed by atoms with Crippen LogP contribution in [-0.4, -0.2) is 46.8 Å². The number of nitrogens with zero attached hydrogens (tertiary/aromatic N) is 2. The molecule has 156 valence electrons. The number of carbonyl (C=O) groups is 1. The van der Waals surface area contributed by atoms with Gasteiger partial charge in [0.15, 0.2) is 11.5 Å². The summed E-state index contributed by atoms with van der Waals surface area (Å²) in [6, 6.07) is 8.15. The van der Waals surface area contributed by atoms with Crippen molar-refractivity contribution < 1.29 is 27.4 Å². The van der Waals surface area contributed by atoms with Crippen molar-refractivity contribution in [2.75, 3.05) is 19.9 Å². The lowest BCUT2D eigenvalue weighted by Gasteiger charge is -2.39. The van der Waals surface area contributed by atoms with Gasteiger partial charge in [-0.2, -0.15) is 13.2 Å². The Morgan fingerprint density at radius 1 is 1.20 bits per heavy atom. The van der Waals surface area contributed by atoms with Gasteiger partial charge in [-0.25, -0.2) is 4.98 Å². The number of aromatic amines is 1. The summed E-state index contributed by atoms with van der Waals surface area (Å²) in [7, 11) is 0. The van der Waals surface area contributed by atoms with Gasteiger partial charge in [0.1, 0.15) is 5.65 Å². The second-order valence-corrected chi connectivity index (χ2v) is 7.51. The molecular formula is C21H18F3N3O3. The number of carbonyl (C=O) groups excluding carboxylic acids is 1. The first-order valence-corrected chi connectivity index (χ1v) is 9.59. The fourth-order valence-corrected chi connectivity index (χ4v) is 4.34. The minimum Gasteiger partial charge on any atom is -0.454 e. The Morgan fingerprint density at radius 3 is 2.87 bits per heavy atom. The Kier molecular flexibility index (Phi) is 4.34. The number of rotatable bonds is 2. The van der Waals surface area contributed by atoms with Gasteiger partial charge >= 0.3 is 6.18 Å². The second kappa shape index (κ2) is 6.93. The van der Waals surface area contributed by atoms with E-state index in [2.05, 4.69) is 9.97 Å². The van der Waals surface area contributed by atoms with Crippen molar-refractivity contribution in [3.05, 3.63) is 53.9 Å². The summed E-state index contributed by atoms with van der Waals surface area (Å²) < 4.78 is 52.5. The Balaban J connectivity index is 1.43. The van der Waals surface area contributed by atoms with Gasteiger partial charge in [-0.3, -0.25) is 4.79 Å². The average Bonchev–Trinajstić information content (AvgIpc) is 3.38. The van der Waals surface area contributed by atoms with E-state index in [1.165, 1.54) is 11.0 Å². The normalized spacial score (nSPS) is 21.2. The molecule has 2 unspecified atom stereocenters. The first-order valence-electron chi connectivity index (χ1n) is 9.59. The van der Waals surface area contributed by atoms with Gasteiger partial charge in [-0.05, 0) is 42.3 Å². The lowest BCUT2D eigenvalue weighted by molar-refractivity contribution is -0.189. The van der Waals surface area contributed by atoms with Crippen LogP contribution in [0, 0.1) is 5.92 Å². The summed E-state index contributed by atoms with van der Waals surface area (Å²) >= 11 is 0. The molecule has 4 heterocycles. The zero-order valence-electron chi connectivity index (χ0n) is 15.8. The Bertz CT molecular complexity index is 1110. The van der Waals surface area contributed by atoms with E-state index in [0.717, 1.165) is 0 Å². The molecule has 0 radical (unpaired) electrons. The Morgan fingerprint density at radius 2 is 2.03 bits per heavy atom. The van der Waals surface area contributed by atoms with E-state index in [4.69, 9.17) is 9.47 Å². The highest BCUT2D eigenvalue weighted by Crippen LogP contribution is 2.45. The number of hydrogen-bond acceptors (Lipinski definition) is 4. The third-order valence-corrected chi connectivity index (χ3v) is 5.82. The summed E-state index contributed by atoms with van der Waals surface area (Å²) in [5.74, 6) is -1.91. The lowest BCUT2D eigenvalue weighted by Crippen LogP contribution is -2.48. The fourth-order valence-electron chi connectivity index (χ4n) is 4.34. The smallest absolute Gasteiger partial charge is 0.394 e. The van der Waals surface area contributed by atoms with Gasteiger partial charge in [-0.15, -0.1) is 0 Å². The molecule has 0 aliphatic carbocycles. The summed E-state index contributed by atoms with van der Waals surface area (Å²) in [6.45, 7) is -0.0974. The van der Waals surface area contributed by atoms with Crippen LogP contribution in [0.4, 0.5) is 13.2 Å². The van der Waals surface area contributed by atoms with Gasteiger partial charge in [0.25, 0.3) is 5.91 Å². The molecule has 6 nitrogen and oxygen atoms in total. The third-order valence-electron chi connectivity index (χ3n) is 5.82. The Labute approximate surface area is 169 Å². The van der Waals surface area contributed by atoms with Crippen LogP contribution < -0.4 is 9.47 Å². The molecule has 2 aliphatic heterocycles. The van der Waals surface area contributed by atoms with E-state index in [1.807, 2.05) is 0 Å². The van der Waals surface area contributed by atoms with Crippen molar-refractivity contribution in [3.63, 3.8) is 0 Å². The number of H-pyrrole nitrogens is 1. The van der Waals surface area contributed by atoms with Crippen molar-refractivity contribution in [2.45, 2.75) is 18.5 Å². The predicted molar refractivity (Wildman–Crippen MR) is 101 cm³/mol. The number of alkyl halides is 3. The van der Waals surface area contributed by atoms with Crippen molar-refractivity contribution in [2.24, 2.45) is 5.92 Å². The van der Waals surface area contributed by atoms with Gasteiger partial charge in [0, 0.05) is 42.4 Å². The van der Waals surface area contributed by atoms with Crippen molar-refractivity contribution in [1.29, 1.82) is 0 Å². The number of aromatic nitrogens is 2. The number of nitrogens with one attached hydrogen (secondary N) is 1. The highest BCUT2D eigenvalue weighted by Gasteiger charge is 2.49. The van der Waals surface area contributed by atoms with E-state index >= 15 is 0 Å². The number of benzene rings is 1. The zero-order valence-corrected chi connectivity index (χ0v) is 15.8. The zero-order chi connectivity index (χ0) is 20.9. The molecule has 2 aromatic heterocycles. The number of pyridine rings is 1. The molecule has 30 heavy (non-hydrogen) atoms. The van der Waals surface area contributed by atoms with Crippen LogP contribution in [0.3, 0.4) is 0 Å². The quantitative estimate of drug-likeness (QED) is 0.682. The van der Waals surface area contributed by atoms with Crippen molar-refractivity contribution in [1.82, 2.24) is 14.9 Å². The molecule has 0 bridgehead atoms. The number of likely N-dealkylation sites (tertiary alicyclic amines) is 1. The molecule has 9 heteroatoms. The maximum atomic E-state index is 14.0. The molecule has 3 aromatic rings. The molecule has 0 saturated carbocycles. The van der Waals surface area contributed by atoms with E-state index in [1.54, 1.807) is 36.7 Å². The number of fused-ring (bicyclic) bond motifs is 2. The summed E-state index contributed by atoms with van der Waals surface area (Å²) in [5, 5.41) is 0.687. The summed E-state index contributed by atoms with van der Waals surface area (Å²) in [5.41, 5.74) is 1.44. The topological polar surface area (TPSA) is 67.5 Å². The number of ether oxygens (including phenoxy) is 2. The van der Waals surface area contributed by atoms with Crippen molar-refractivity contribution >= 4 is 16.9 Å². The minimum absolute atomic E-state index is 0.0635. The SMILES string of the molecule is O=C(c1ccc2c(c1)OCO2)N1CCC(c2c[nH]c3ncccc23)C(C(F)(F)F)C1. The average molecular weight is 417 g/mol. The number of amides is 1. The molecule has 2 aliphatic rings. The molecule has 1 fully saturated rings. The third kappa shape index (κ3) is 3.14. The molecule has 1 aromatic carbocycles. The van der Waals surface area contributed by atoms with E-state index in [9.17, 15) is 18.0 Å². The van der Waals surface area contributed by atoms with Crippen LogP contribution >= 0.6 is 0 Å². The van der Waals surface area contributed by atoms with E-state index in [-0.39, 0.29) is 25.3 Å². The summed E-state index contributed by atoms with van der Waals surface area (Å²) in [6.07, 6.45) is -1.03. The van der Waals surface area contributed by atoms with E-state index < -0.39 is 30.5 Å². The van der Waals surface area contributed by atoms with Crippen LogP contribution in [0.25, 0.3) is 11.0 Å². The molecule has 1 saturated heterocycles. The highest BCUT2D eigenvalue weighted by atomic mass is 19.4. The number of piperidine rings is 1. The fraction of sp³-hybridized carbons (Fsp3) is 0.333. The maximum Gasteiger partial charge on any atom is 0.394 e. The van der Waals surface area contributed by atoms with Gasteiger partial charge in [-0.1, -0.05) is 0 Å². The van der Waals surface area contributed by atoms with Crippen molar-refractivity contribution in [3.8, 4) is 11.5 Å². The van der Waals surface area contributed by atoms with Gasteiger partial charge in [0.05, 0.1) is 5.92 Å². The molecule has 5 rings (SSSR count). The molecule has 2 atom stereocenters. The first-order chi connectivity index (χ1) is 14.4. The van der Waals surface area contributed by atoms with Gasteiger partial charge < -0.3 is 19.4 Å². The predicted octanol–water partition coefficient (Wildman–Crippen LogP) is 4.10. The monoisotopic (exact) mass is 417 g/mol. The summed E-state index contributed by atoms with van der Waals surface area (Å²) in [4.78, 5) is 21.3. The van der Waals surface area contributed by atoms with Crippen LogP contribution in [-0.2, 0) is 0 Å². The first kappa shape index (κ1) is 18.8. The number of hydrogen-bond donors (Lipinski definition) is 1. The van der Waals surface area contributed by atoms with Gasteiger partial charge in [0.2, 0.25) is 6.79 Å². The molecular weight excluding hydrogens is 399 g/mol. The van der Waals surface area contributed by atoms with Crippen LogP contribution in [0.2, 0.25) is 0 Å². The van der Waals surface area contributed by atoms with Crippen LogP contribution in [0.5, 0.6) is 11.5 Å². The molecule has 1 N–H and O–H groups in total.